The van der Waals surface area contributed by atoms with E-state index in [2.05, 4.69) is 5.32 Å². The second-order valence-electron chi connectivity index (χ2n) is 5.87. The number of ether oxygens (including phenoxy) is 2. The van der Waals surface area contributed by atoms with E-state index in [1.807, 2.05) is 30.3 Å². The molecule has 3 aromatic carbocycles. The number of hydrogen-bond acceptors (Lipinski definition) is 4. The van der Waals surface area contributed by atoms with Gasteiger partial charge in [-0.1, -0.05) is 41.4 Å². The quantitative estimate of drug-likeness (QED) is 0.482. The molecule has 0 radical (unpaired) electrons. The van der Waals surface area contributed by atoms with E-state index in [1.165, 1.54) is 0 Å². The predicted octanol–water partition coefficient (Wildman–Crippen LogP) is 5.90. The molecule has 0 aliphatic heterocycles. The van der Waals surface area contributed by atoms with Crippen molar-refractivity contribution in [1.29, 1.82) is 0 Å². The van der Waals surface area contributed by atoms with Crippen molar-refractivity contribution in [2.24, 2.45) is 0 Å². The van der Waals surface area contributed by atoms with Gasteiger partial charge in [-0.2, -0.15) is 0 Å². The van der Waals surface area contributed by atoms with Gasteiger partial charge in [0, 0.05) is 33.9 Å². The zero-order valence-corrected chi connectivity index (χ0v) is 16.2. The number of benzene rings is 3. The standard InChI is InChI=1S/C21H19Cl2NO3/c1-26-20-10-15(12-24-16-6-8-17(25)9-7-16)19(23)11-21(20)27-13-14-4-2-3-5-18(14)22/h2-11,24-25H,12-13H2,1H3. The van der Waals surface area contributed by atoms with Crippen LogP contribution in [0, 0.1) is 0 Å². The van der Waals surface area contributed by atoms with Gasteiger partial charge in [0.25, 0.3) is 0 Å². The van der Waals surface area contributed by atoms with Gasteiger partial charge in [0.05, 0.1) is 7.11 Å². The molecular formula is C21H19Cl2NO3. The first-order valence-corrected chi connectivity index (χ1v) is 9.08. The Morgan fingerprint density at radius 3 is 2.33 bits per heavy atom. The molecule has 0 heterocycles. The Morgan fingerprint density at radius 2 is 1.63 bits per heavy atom. The zero-order valence-electron chi connectivity index (χ0n) is 14.7. The third-order valence-corrected chi connectivity index (χ3v) is 4.74. The average Bonchev–Trinajstić information content (AvgIpc) is 2.68. The SMILES string of the molecule is COc1cc(CNc2ccc(O)cc2)c(Cl)cc1OCc1ccccc1Cl. The fraction of sp³-hybridized carbons (Fsp3) is 0.143. The van der Waals surface area contributed by atoms with Gasteiger partial charge in [-0.25, -0.2) is 0 Å². The third-order valence-electron chi connectivity index (χ3n) is 4.02. The molecule has 0 atom stereocenters. The Kier molecular flexibility index (Phi) is 6.32. The van der Waals surface area contributed by atoms with Gasteiger partial charge in [0.1, 0.15) is 12.4 Å². The molecule has 3 rings (SSSR count). The largest absolute Gasteiger partial charge is 0.508 e. The molecule has 0 aromatic heterocycles. The van der Waals surface area contributed by atoms with Crippen LogP contribution in [0.4, 0.5) is 5.69 Å². The third kappa shape index (κ3) is 5.00. The van der Waals surface area contributed by atoms with Crippen LogP contribution >= 0.6 is 23.2 Å². The Hall–Kier alpha value is -2.56. The van der Waals surface area contributed by atoms with Crippen molar-refractivity contribution < 1.29 is 14.6 Å². The molecular weight excluding hydrogens is 385 g/mol. The van der Waals surface area contributed by atoms with Crippen molar-refractivity contribution in [3.8, 4) is 17.2 Å². The topological polar surface area (TPSA) is 50.7 Å². The molecule has 140 valence electrons. The normalized spacial score (nSPS) is 10.5. The minimum Gasteiger partial charge on any atom is -0.508 e. The fourth-order valence-corrected chi connectivity index (χ4v) is 2.94. The summed E-state index contributed by atoms with van der Waals surface area (Å²) in [6.07, 6.45) is 0. The number of methoxy groups -OCH3 is 1. The van der Waals surface area contributed by atoms with Crippen molar-refractivity contribution in [2.45, 2.75) is 13.2 Å². The lowest BCUT2D eigenvalue weighted by Gasteiger charge is -2.15. The highest BCUT2D eigenvalue weighted by Gasteiger charge is 2.12. The van der Waals surface area contributed by atoms with Crippen LogP contribution in [0.25, 0.3) is 0 Å². The van der Waals surface area contributed by atoms with Crippen molar-refractivity contribution in [2.75, 3.05) is 12.4 Å². The first-order valence-electron chi connectivity index (χ1n) is 8.32. The van der Waals surface area contributed by atoms with E-state index in [0.717, 1.165) is 16.8 Å². The molecule has 4 nitrogen and oxygen atoms in total. The minimum atomic E-state index is 0.222. The van der Waals surface area contributed by atoms with Crippen LogP contribution in [0.2, 0.25) is 10.0 Å². The summed E-state index contributed by atoms with van der Waals surface area (Å²) in [5.41, 5.74) is 2.63. The van der Waals surface area contributed by atoms with Crippen molar-refractivity contribution >= 4 is 28.9 Å². The highest BCUT2D eigenvalue weighted by atomic mass is 35.5. The van der Waals surface area contributed by atoms with Crippen LogP contribution in [0.5, 0.6) is 17.2 Å². The maximum Gasteiger partial charge on any atom is 0.163 e. The van der Waals surface area contributed by atoms with Gasteiger partial charge in [-0.3, -0.25) is 0 Å². The number of nitrogens with one attached hydrogen (secondary N) is 1. The summed E-state index contributed by atoms with van der Waals surface area (Å²) in [6, 6.07) is 17.9. The number of anilines is 1. The summed E-state index contributed by atoms with van der Waals surface area (Å²) in [7, 11) is 1.59. The maximum atomic E-state index is 9.35. The van der Waals surface area contributed by atoms with Gasteiger partial charge in [-0.05, 0) is 42.0 Å². The van der Waals surface area contributed by atoms with Crippen molar-refractivity contribution in [1.82, 2.24) is 0 Å². The van der Waals surface area contributed by atoms with E-state index in [-0.39, 0.29) is 5.75 Å². The number of phenolic OH excluding ortho intramolecular Hbond substituents is 1. The van der Waals surface area contributed by atoms with Crippen molar-refractivity contribution in [3.05, 3.63) is 81.8 Å². The minimum absolute atomic E-state index is 0.222. The van der Waals surface area contributed by atoms with Crippen LogP contribution in [0.3, 0.4) is 0 Å². The van der Waals surface area contributed by atoms with Gasteiger partial charge in [-0.15, -0.1) is 0 Å². The summed E-state index contributed by atoms with van der Waals surface area (Å²) in [5, 5.41) is 13.8. The van der Waals surface area contributed by atoms with E-state index in [1.54, 1.807) is 37.4 Å². The molecule has 0 unspecified atom stereocenters. The summed E-state index contributed by atoms with van der Waals surface area (Å²) < 4.78 is 11.3. The van der Waals surface area contributed by atoms with Gasteiger partial charge in [0.15, 0.2) is 11.5 Å². The summed E-state index contributed by atoms with van der Waals surface area (Å²) in [4.78, 5) is 0. The number of hydrogen-bond donors (Lipinski definition) is 2. The van der Waals surface area contributed by atoms with E-state index >= 15 is 0 Å². The molecule has 6 heteroatoms. The smallest absolute Gasteiger partial charge is 0.163 e. The molecule has 27 heavy (non-hydrogen) atoms. The van der Waals surface area contributed by atoms with Crippen LogP contribution in [-0.2, 0) is 13.2 Å². The molecule has 0 saturated carbocycles. The molecule has 0 aliphatic carbocycles. The summed E-state index contributed by atoms with van der Waals surface area (Å²) in [5.74, 6) is 1.37. The molecule has 3 aromatic rings. The van der Waals surface area contributed by atoms with Crippen molar-refractivity contribution in [3.63, 3.8) is 0 Å². The average molecular weight is 404 g/mol. The molecule has 0 aliphatic rings. The monoisotopic (exact) mass is 403 g/mol. The molecule has 0 spiro atoms. The first kappa shape index (κ1) is 19.2. The Morgan fingerprint density at radius 1 is 0.889 bits per heavy atom. The number of aromatic hydroxyl groups is 1. The molecule has 0 bridgehead atoms. The zero-order chi connectivity index (χ0) is 19.2. The van der Waals surface area contributed by atoms with Crippen LogP contribution in [0.1, 0.15) is 11.1 Å². The highest BCUT2D eigenvalue weighted by Crippen LogP contribution is 2.34. The Bertz CT molecular complexity index is 914. The second kappa shape index (κ2) is 8.89. The molecule has 0 fully saturated rings. The maximum absolute atomic E-state index is 9.35. The van der Waals surface area contributed by atoms with E-state index in [0.29, 0.717) is 34.7 Å². The van der Waals surface area contributed by atoms with E-state index in [4.69, 9.17) is 32.7 Å². The van der Waals surface area contributed by atoms with Gasteiger partial charge >= 0.3 is 0 Å². The van der Waals surface area contributed by atoms with E-state index < -0.39 is 0 Å². The first-order chi connectivity index (χ1) is 13.1. The van der Waals surface area contributed by atoms with Crippen LogP contribution < -0.4 is 14.8 Å². The van der Waals surface area contributed by atoms with Crippen LogP contribution in [-0.4, -0.2) is 12.2 Å². The van der Waals surface area contributed by atoms with Gasteiger partial charge < -0.3 is 19.9 Å². The molecule has 2 N–H and O–H groups in total. The van der Waals surface area contributed by atoms with E-state index in [9.17, 15) is 5.11 Å². The lowest BCUT2D eigenvalue weighted by atomic mass is 10.2. The summed E-state index contributed by atoms with van der Waals surface area (Å²) in [6.45, 7) is 0.822. The fourth-order valence-electron chi connectivity index (χ4n) is 2.53. The molecule has 0 saturated heterocycles. The van der Waals surface area contributed by atoms with Crippen LogP contribution in [0.15, 0.2) is 60.7 Å². The second-order valence-corrected chi connectivity index (χ2v) is 6.69. The number of halogens is 2. The highest BCUT2D eigenvalue weighted by molar-refractivity contribution is 6.31. The Balaban J connectivity index is 1.72. The Labute approximate surface area is 168 Å². The van der Waals surface area contributed by atoms with Gasteiger partial charge in [0.2, 0.25) is 0 Å². The number of phenols is 1. The lowest BCUT2D eigenvalue weighted by molar-refractivity contribution is 0.284. The predicted molar refractivity (Wildman–Crippen MR) is 109 cm³/mol. The lowest BCUT2D eigenvalue weighted by Crippen LogP contribution is -2.03. The number of rotatable bonds is 7. The summed E-state index contributed by atoms with van der Waals surface area (Å²) >= 11 is 12.6. The molecule has 0 amide bonds.